The van der Waals surface area contributed by atoms with E-state index in [1.165, 1.54) is 0 Å². The van der Waals surface area contributed by atoms with Gasteiger partial charge in [-0.1, -0.05) is 4.48 Å². The molecule has 0 amide bonds. The van der Waals surface area contributed by atoms with E-state index >= 15 is 0 Å². The summed E-state index contributed by atoms with van der Waals surface area (Å²) in [5.41, 5.74) is -1.06. The van der Waals surface area contributed by atoms with Gasteiger partial charge in [-0.05, 0) is 34.1 Å². The predicted molar refractivity (Wildman–Crippen MR) is 84.6 cm³/mol. The maximum absolute atomic E-state index is 14.0. The fourth-order valence-electron chi connectivity index (χ4n) is 2.18. The van der Waals surface area contributed by atoms with Crippen LogP contribution in [0.3, 0.4) is 0 Å². The van der Waals surface area contributed by atoms with Gasteiger partial charge in [0.2, 0.25) is 0 Å². The molecular formula is C15H22F5NO3Si. The Morgan fingerprint density at radius 3 is 2.00 bits per heavy atom. The molecule has 0 atom stereocenters. The molecule has 10 heteroatoms. The van der Waals surface area contributed by atoms with Crippen LogP contribution in [-0.2, 0) is 8.85 Å². The van der Waals surface area contributed by atoms with E-state index in [2.05, 4.69) is 0 Å². The average Bonchev–Trinajstić information content (AvgIpc) is 2.46. The van der Waals surface area contributed by atoms with Crippen molar-refractivity contribution in [2.24, 2.45) is 0 Å². The molecule has 0 saturated heterocycles. The van der Waals surface area contributed by atoms with E-state index < -0.39 is 44.3 Å². The predicted octanol–water partition coefficient (Wildman–Crippen LogP) is 4.11. The minimum absolute atomic E-state index is 0.0429. The number of anilines is 1. The van der Waals surface area contributed by atoms with Crippen LogP contribution in [0.15, 0.2) is 6.07 Å². The number of benzene rings is 1. The van der Waals surface area contributed by atoms with E-state index in [1.54, 1.807) is 27.7 Å². The molecule has 0 spiro atoms. The Morgan fingerprint density at radius 1 is 1.00 bits per heavy atom. The van der Waals surface area contributed by atoms with Crippen molar-refractivity contribution in [3.8, 4) is 0 Å². The molecule has 0 aliphatic carbocycles. The first-order valence-corrected chi connectivity index (χ1v) is 9.78. The molecule has 0 bridgehead atoms. The van der Waals surface area contributed by atoms with Gasteiger partial charge in [-0.3, -0.25) is 0 Å². The van der Waals surface area contributed by atoms with Crippen molar-refractivity contribution in [2.45, 2.75) is 52.4 Å². The summed E-state index contributed by atoms with van der Waals surface area (Å²) in [6.45, 7) is 6.29. The van der Waals surface area contributed by atoms with Gasteiger partial charge in [0.25, 0.3) is 0 Å². The first kappa shape index (κ1) is 21.8. The Bertz CT molecular complexity index is 579. The van der Waals surface area contributed by atoms with Crippen molar-refractivity contribution in [1.29, 1.82) is 0 Å². The molecule has 0 heterocycles. The standard InChI is InChI=1S/C15H22F5NO3Si/c1-9(2)23-25(22,24-10(3)4)7-5-6-21(20)12-8-11(16)13(17)15(19)14(12)18/h8-10,22H,5-7H2,1-4H3. The molecule has 0 saturated carbocycles. The van der Waals surface area contributed by atoms with Gasteiger partial charge >= 0.3 is 8.80 Å². The molecule has 1 N–H and O–H groups in total. The summed E-state index contributed by atoms with van der Waals surface area (Å²) in [6.07, 6.45) is -0.692. The van der Waals surface area contributed by atoms with Crippen molar-refractivity contribution in [3.63, 3.8) is 0 Å². The monoisotopic (exact) mass is 387 g/mol. The first-order chi connectivity index (χ1) is 11.5. The van der Waals surface area contributed by atoms with Crippen LogP contribution in [0.5, 0.6) is 0 Å². The molecule has 25 heavy (non-hydrogen) atoms. The second kappa shape index (κ2) is 8.92. The lowest BCUT2D eigenvalue weighted by molar-refractivity contribution is 0.0473. The maximum Gasteiger partial charge on any atom is 0.498 e. The van der Waals surface area contributed by atoms with E-state index in [9.17, 15) is 26.8 Å². The molecule has 1 rings (SSSR count). The van der Waals surface area contributed by atoms with Crippen LogP contribution in [0.2, 0.25) is 6.04 Å². The van der Waals surface area contributed by atoms with Crippen LogP contribution in [0.25, 0.3) is 0 Å². The zero-order valence-corrected chi connectivity index (χ0v) is 15.5. The largest absolute Gasteiger partial charge is 0.498 e. The number of rotatable bonds is 9. The van der Waals surface area contributed by atoms with Crippen LogP contribution < -0.4 is 5.12 Å². The van der Waals surface area contributed by atoms with Crippen LogP contribution in [0.4, 0.5) is 27.7 Å². The van der Waals surface area contributed by atoms with Crippen LogP contribution >= 0.6 is 0 Å². The summed E-state index contributed by atoms with van der Waals surface area (Å²) < 4.78 is 77.5. The van der Waals surface area contributed by atoms with Gasteiger partial charge in [0.1, 0.15) is 5.69 Å². The fraction of sp³-hybridized carbons (Fsp3) is 0.600. The topological polar surface area (TPSA) is 41.9 Å². The molecular weight excluding hydrogens is 365 g/mol. The first-order valence-electron chi connectivity index (χ1n) is 7.81. The smallest absolute Gasteiger partial charge is 0.390 e. The van der Waals surface area contributed by atoms with Crippen LogP contribution in [0, 0.1) is 23.3 Å². The van der Waals surface area contributed by atoms with Crippen LogP contribution in [0.1, 0.15) is 34.1 Å². The minimum Gasteiger partial charge on any atom is -0.390 e. The normalized spacial score (nSPS) is 12.3. The number of halogens is 5. The van der Waals surface area contributed by atoms with Gasteiger partial charge in [0.05, 0.1) is 6.54 Å². The summed E-state index contributed by atoms with van der Waals surface area (Å²) in [7, 11) is -3.58. The Hall–Kier alpha value is -1.23. The summed E-state index contributed by atoms with van der Waals surface area (Å²) in [5, 5.41) is -0.250. The van der Waals surface area contributed by atoms with Gasteiger partial charge in [0, 0.05) is 24.3 Å². The SMILES string of the molecule is CC(C)O[Si](O)(CCCN(F)c1cc(F)c(F)c(F)c1F)OC(C)C. The molecule has 144 valence electrons. The van der Waals surface area contributed by atoms with Crippen molar-refractivity contribution >= 4 is 14.5 Å². The molecule has 0 aromatic heterocycles. The van der Waals surface area contributed by atoms with Gasteiger partial charge in [-0.15, -0.1) is 0 Å². The number of hydrogen-bond donors (Lipinski definition) is 1. The Kier molecular flexibility index (Phi) is 7.79. The second-order valence-electron chi connectivity index (χ2n) is 6.05. The Morgan fingerprint density at radius 2 is 1.52 bits per heavy atom. The highest BCUT2D eigenvalue weighted by atomic mass is 28.4. The van der Waals surface area contributed by atoms with E-state index in [0.717, 1.165) is 0 Å². The lowest BCUT2D eigenvalue weighted by Crippen LogP contribution is -2.46. The third-order valence-electron chi connectivity index (χ3n) is 3.03. The summed E-state index contributed by atoms with van der Waals surface area (Å²) >= 11 is 0. The van der Waals surface area contributed by atoms with Crippen LogP contribution in [-0.4, -0.2) is 32.4 Å². The zero-order chi connectivity index (χ0) is 19.4. The fourth-order valence-corrected chi connectivity index (χ4v) is 4.55. The third kappa shape index (κ3) is 6.21. The van der Waals surface area contributed by atoms with Gasteiger partial charge < -0.3 is 13.6 Å². The van der Waals surface area contributed by atoms with Gasteiger partial charge in [-0.2, -0.15) is 0 Å². The van der Waals surface area contributed by atoms with E-state index in [-0.39, 0.29) is 35.9 Å². The van der Waals surface area contributed by atoms with Gasteiger partial charge in [-0.25, -0.2) is 22.7 Å². The van der Waals surface area contributed by atoms with Crippen molar-refractivity contribution in [3.05, 3.63) is 29.3 Å². The average molecular weight is 387 g/mol. The molecule has 0 unspecified atom stereocenters. The molecule has 0 fully saturated rings. The molecule has 4 nitrogen and oxygen atoms in total. The molecule has 0 radical (unpaired) electrons. The molecule has 1 aromatic rings. The summed E-state index contributed by atoms with van der Waals surface area (Å²) in [6, 6.07) is 0.185. The Labute approximate surface area is 144 Å². The van der Waals surface area contributed by atoms with E-state index in [4.69, 9.17) is 8.85 Å². The van der Waals surface area contributed by atoms with Gasteiger partial charge in [0.15, 0.2) is 23.3 Å². The summed E-state index contributed by atoms with van der Waals surface area (Å²) in [4.78, 5) is 10.4. The second-order valence-corrected chi connectivity index (χ2v) is 8.45. The highest BCUT2D eigenvalue weighted by molar-refractivity contribution is 6.59. The minimum atomic E-state index is -3.58. The zero-order valence-electron chi connectivity index (χ0n) is 14.5. The maximum atomic E-state index is 14.0. The lowest BCUT2D eigenvalue weighted by atomic mass is 10.2. The Balaban J connectivity index is 2.77. The van der Waals surface area contributed by atoms with Crippen molar-refractivity contribution in [1.82, 2.24) is 0 Å². The van der Waals surface area contributed by atoms with Crippen molar-refractivity contribution < 1.29 is 35.7 Å². The quantitative estimate of drug-likeness (QED) is 0.228. The number of hydrogen-bond acceptors (Lipinski definition) is 4. The molecule has 0 aliphatic heterocycles. The lowest BCUT2D eigenvalue weighted by Gasteiger charge is -2.28. The third-order valence-corrected chi connectivity index (χ3v) is 5.70. The van der Waals surface area contributed by atoms with E-state index in [1.807, 2.05) is 0 Å². The molecule has 0 aliphatic rings. The number of nitrogens with zero attached hydrogens (tertiary/aromatic N) is 1. The molecule has 1 aromatic carbocycles. The summed E-state index contributed by atoms with van der Waals surface area (Å²) in [5.74, 6) is -7.62. The highest BCUT2D eigenvalue weighted by Crippen LogP contribution is 2.27. The highest BCUT2D eigenvalue weighted by Gasteiger charge is 2.38. The van der Waals surface area contributed by atoms with E-state index in [0.29, 0.717) is 0 Å². The van der Waals surface area contributed by atoms with Crippen molar-refractivity contribution in [2.75, 3.05) is 11.7 Å².